The molecule has 1 aromatic carbocycles. The fourth-order valence-corrected chi connectivity index (χ4v) is 2.14. The summed E-state index contributed by atoms with van der Waals surface area (Å²) in [6.45, 7) is 1.48. The van der Waals surface area contributed by atoms with Gasteiger partial charge in [0.05, 0.1) is 6.61 Å². The number of benzene rings is 1. The van der Waals surface area contributed by atoms with Crippen LogP contribution in [0.4, 0.5) is 5.82 Å². The topological polar surface area (TPSA) is 70.5 Å². The van der Waals surface area contributed by atoms with Crippen molar-refractivity contribution in [1.82, 2.24) is 5.16 Å². The zero-order valence-corrected chi connectivity index (χ0v) is 10.5. The number of rotatable bonds is 3. The average Bonchev–Trinajstić information content (AvgIpc) is 2.87. The van der Waals surface area contributed by atoms with Gasteiger partial charge in [0.1, 0.15) is 11.9 Å². The third-order valence-corrected chi connectivity index (χ3v) is 3.07. The van der Waals surface area contributed by atoms with Gasteiger partial charge in [-0.05, 0) is 25.0 Å². The van der Waals surface area contributed by atoms with Crippen LogP contribution < -0.4 is 10.5 Å². The number of hydrogen-bond donors (Lipinski definition) is 1. The maximum Gasteiger partial charge on any atom is 0.169 e. The lowest BCUT2D eigenvalue weighted by atomic mass is 10.1. The molecule has 1 fully saturated rings. The molecule has 1 aliphatic rings. The van der Waals surface area contributed by atoms with Crippen LogP contribution in [-0.2, 0) is 4.74 Å². The molecule has 5 heteroatoms. The summed E-state index contributed by atoms with van der Waals surface area (Å²) in [6, 6.07) is 9.41. The van der Waals surface area contributed by atoms with E-state index >= 15 is 0 Å². The monoisotopic (exact) mass is 260 g/mol. The van der Waals surface area contributed by atoms with E-state index in [-0.39, 0.29) is 6.10 Å². The molecule has 0 amide bonds. The normalized spacial score (nSPS) is 19.3. The van der Waals surface area contributed by atoms with E-state index in [4.69, 9.17) is 19.7 Å². The number of nitrogens with two attached hydrogens (primary N) is 1. The number of nitrogen functional groups attached to an aromatic ring is 1. The van der Waals surface area contributed by atoms with Crippen LogP contribution in [0.3, 0.4) is 0 Å². The highest BCUT2D eigenvalue weighted by molar-refractivity contribution is 5.61. The van der Waals surface area contributed by atoms with E-state index in [1.165, 1.54) is 0 Å². The lowest BCUT2D eigenvalue weighted by Gasteiger charge is -2.23. The van der Waals surface area contributed by atoms with Crippen LogP contribution in [0.25, 0.3) is 11.3 Å². The summed E-state index contributed by atoms with van der Waals surface area (Å²) in [6.07, 6.45) is 2.20. The Bertz CT molecular complexity index is 547. The molecule has 0 radical (unpaired) electrons. The summed E-state index contributed by atoms with van der Waals surface area (Å²) in [5, 5.41) is 3.68. The van der Waals surface area contributed by atoms with Gasteiger partial charge in [0.15, 0.2) is 11.6 Å². The molecule has 1 saturated heterocycles. The smallest absolute Gasteiger partial charge is 0.169 e. The van der Waals surface area contributed by atoms with Gasteiger partial charge in [-0.2, -0.15) is 0 Å². The van der Waals surface area contributed by atoms with Crippen molar-refractivity contribution in [2.45, 2.75) is 18.9 Å². The SMILES string of the molecule is Nc1cc(-c2cccc(OC3CCCOC3)c2)on1. The van der Waals surface area contributed by atoms with Crippen LogP contribution in [0, 0.1) is 0 Å². The van der Waals surface area contributed by atoms with E-state index < -0.39 is 0 Å². The number of aromatic nitrogens is 1. The van der Waals surface area contributed by atoms with Gasteiger partial charge in [-0.15, -0.1) is 0 Å². The van der Waals surface area contributed by atoms with Crippen molar-refractivity contribution in [2.75, 3.05) is 18.9 Å². The van der Waals surface area contributed by atoms with Gasteiger partial charge < -0.3 is 19.7 Å². The highest BCUT2D eigenvalue weighted by Crippen LogP contribution is 2.26. The van der Waals surface area contributed by atoms with Gasteiger partial charge in [0, 0.05) is 18.2 Å². The second-order valence-electron chi connectivity index (χ2n) is 4.60. The first-order chi connectivity index (χ1) is 9.31. The van der Waals surface area contributed by atoms with Crippen molar-refractivity contribution < 1.29 is 14.0 Å². The predicted molar refractivity (Wildman–Crippen MR) is 70.8 cm³/mol. The minimum atomic E-state index is 0.129. The van der Waals surface area contributed by atoms with Crippen LogP contribution in [0.5, 0.6) is 5.75 Å². The number of anilines is 1. The predicted octanol–water partition coefficient (Wildman–Crippen LogP) is 2.48. The molecule has 1 aliphatic heterocycles. The summed E-state index contributed by atoms with van der Waals surface area (Å²) < 4.78 is 16.4. The Morgan fingerprint density at radius 1 is 1.32 bits per heavy atom. The van der Waals surface area contributed by atoms with Crippen LogP contribution in [0.2, 0.25) is 0 Å². The third-order valence-electron chi connectivity index (χ3n) is 3.07. The molecule has 0 saturated carbocycles. The molecule has 3 rings (SSSR count). The first-order valence-electron chi connectivity index (χ1n) is 6.38. The van der Waals surface area contributed by atoms with Crippen molar-refractivity contribution in [2.24, 2.45) is 0 Å². The van der Waals surface area contributed by atoms with E-state index in [1.54, 1.807) is 6.07 Å². The molecule has 2 aromatic rings. The minimum absolute atomic E-state index is 0.129. The maximum absolute atomic E-state index is 5.91. The Balaban J connectivity index is 1.75. The summed E-state index contributed by atoms with van der Waals surface area (Å²) in [4.78, 5) is 0. The average molecular weight is 260 g/mol. The molecular weight excluding hydrogens is 244 g/mol. The Hall–Kier alpha value is -2.01. The van der Waals surface area contributed by atoms with Crippen molar-refractivity contribution in [3.05, 3.63) is 30.3 Å². The fourth-order valence-electron chi connectivity index (χ4n) is 2.14. The second kappa shape index (κ2) is 5.32. The molecule has 2 heterocycles. The molecular formula is C14H16N2O3. The van der Waals surface area contributed by atoms with Crippen molar-refractivity contribution >= 4 is 5.82 Å². The van der Waals surface area contributed by atoms with Gasteiger partial charge in [-0.25, -0.2) is 0 Å². The highest BCUT2D eigenvalue weighted by atomic mass is 16.5. The lowest BCUT2D eigenvalue weighted by Crippen LogP contribution is -2.27. The van der Waals surface area contributed by atoms with Crippen molar-refractivity contribution in [3.8, 4) is 17.1 Å². The summed E-state index contributed by atoms with van der Waals surface area (Å²) in [5.74, 6) is 1.83. The molecule has 0 aliphatic carbocycles. The number of ether oxygens (including phenoxy) is 2. The minimum Gasteiger partial charge on any atom is -0.488 e. The Labute approximate surface area is 111 Å². The maximum atomic E-state index is 5.91. The van der Waals surface area contributed by atoms with Gasteiger partial charge >= 0.3 is 0 Å². The summed E-state index contributed by atoms with van der Waals surface area (Å²) >= 11 is 0. The third kappa shape index (κ3) is 2.88. The number of hydrogen-bond acceptors (Lipinski definition) is 5. The van der Waals surface area contributed by atoms with Crippen molar-refractivity contribution in [3.63, 3.8) is 0 Å². The number of nitrogens with zero attached hydrogens (tertiary/aromatic N) is 1. The molecule has 2 N–H and O–H groups in total. The second-order valence-corrected chi connectivity index (χ2v) is 4.60. The fraction of sp³-hybridized carbons (Fsp3) is 0.357. The van der Waals surface area contributed by atoms with Crippen LogP contribution >= 0.6 is 0 Å². The van der Waals surface area contributed by atoms with Crippen molar-refractivity contribution in [1.29, 1.82) is 0 Å². The first kappa shape index (κ1) is 12.0. The molecule has 0 spiro atoms. The van der Waals surface area contributed by atoms with Gasteiger partial charge in [0.25, 0.3) is 0 Å². The largest absolute Gasteiger partial charge is 0.488 e. The molecule has 0 bridgehead atoms. The Kier molecular flexibility index (Phi) is 3.37. The van der Waals surface area contributed by atoms with Crippen LogP contribution in [-0.4, -0.2) is 24.5 Å². The Morgan fingerprint density at radius 2 is 2.26 bits per heavy atom. The standard InChI is InChI=1S/C14H16N2O3/c15-14-8-13(19-16-14)10-3-1-4-11(7-10)18-12-5-2-6-17-9-12/h1,3-4,7-8,12H,2,5-6,9H2,(H2,15,16). The van der Waals surface area contributed by atoms with E-state index in [0.717, 1.165) is 30.8 Å². The van der Waals surface area contributed by atoms with E-state index in [0.29, 0.717) is 18.2 Å². The van der Waals surface area contributed by atoms with E-state index in [2.05, 4.69) is 5.16 Å². The zero-order valence-electron chi connectivity index (χ0n) is 10.5. The molecule has 100 valence electrons. The quantitative estimate of drug-likeness (QED) is 0.918. The molecule has 1 unspecified atom stereocenters. The van der Waals surface area contributed by atoms with Gasteiger partial charge in [0.2, 0.25) is 0 Å². The molecule has 1 aromatic heterocycles. The summed E-state index contributed by atoms with van der Waals surface area (Å²) in [5.41, 5.74) is 6.45. The molecule has 1 atom stereocenters. The van der Waals surface area contributed by atoms with E-state index in [1.807, 2.05) is 24.3 Å². The van der Waals surface area contributed by atoms with E-state index in [9.17, 15) is 0 Å². The van der Waals surface area contributed by atoms with Crippen LogP contribution in [0.15, 0.2) is 34.9 Å². The van der Waals surface area contributed by atoms with Gasteiger partial charge in [-0.1, -0.05) is 17.3 Å². The summed E-state index contributed by atoms with van der Waals surface area (Å²) in [7, 11) is 0. The zero-order chi connectivity index (χ0) is 13.1. The van der Waals surface area contributed by atoms with Gasteiger partial charge in [-0.3, -0.25) is 0 Å². The molecule has 5 nitrogen and oxygen atoms in total. The lowest BCUT2D eigenvalue weighted by molar-refractivity contribution is 0.00745. The molecule has 19 heavy (non-hydrogen) atoms. The highest BCUT2D eigenvalue weighted by Gasteiger charge is 2.15. The first-order valence-corrected chi connectivity index (χ1v) is 6.38. The Morgan fingerprint density at radius 3 is 3.00 bits per heavy atom. The van der Waals surface area contributed by atoms with Crippen LogP contribution in [0.1, 0.15) is 12.8 Å².